The molecule has 0 radical (unpaired) electrons. The summed E-state index contributed by atoms with van der Waals surface area (Å²) in [5.41, 5.74) is 1.77. The number of nitrogens with zero attached hydrogens (tertiary/aromatic N) is 6. The molecular formula is C12H17N7O2. The van der Waals surface area contributed by atoms with Crippen LogP contribution in [0.25, 0.3) is 0 Å². The molecule has 0 saturated heterocycles. The molecule has 2 aromatic heterocycles. The van der Waals surface area contributed by atoms with Crippen LogP contribution in [0.15, 0.2) is 6.20 Å². The minimum Gasteiger partial charge on any atom is -0.476 e. The number of hydrogen-bond donors (Lipinski definition) is 2. The van der Waals surface area contributed by atoms with Gasteiger partial charge in [0.2, 0.25) is 5.95 Å². The molecule has 2 N–H and O–H groups in total. The summed E-state index contributed by atoms with van der Waals surface area (Å²) in [6.45, 7) is 5.00. The Morgan fingerprint density at radius 2 is 2.00 bits per heavy atom. The average molecular weight is 291 g/mol. The molecule has 0 spiro atoms. The van der Waals surface area contributed by atoms with E-state index in [1.807, 2.05) is 13.8 Å². The van der Waals surface area contributed by atoms with Gasteiger partial charge in [0, 0.05) is 6.54 Å². The molecule has 0 aliphatic carbocycles. The quantitative estimate of drug-likeness (QED) is 0.752. The van der Waals surface area contributed by atoms with Gasteiger partial charge < -0.3 is 10.4 Å². The normalized spacial score (nSPS) is 10.6. The molecule has 2 rings (SSSR count). The number of aryl methyl sites for hydroxylation is 2. The number of anilines is 1. The maximum atomic E-state index is 10.7. The van der Waals surface area contributed by atoms with Crippen LogP contribution >= 0.6 is 0 Å². The predicted molar refractivity (Wildman–Crippen MR) is 74.1 cm³/mol. The molecule has 21 heavy (non-hydrogen) atoms. The number of rotatable bonds is 7. The summed E-state index contributed by atoms with van der Waals surface area (Å²) in [4.78, 5) is 15.1. The molecule has 0 aromatic carbocycles. The molecule has 2 aromatic rings. The van der Waals surface area contributed by atoms with Gasteiger partial charge in [-0.25, -0.2) is 14.5 Å². The molecule has 0 bridgehead atoms. The highest BCUT2D eigenvalue weighted by molar-refractivity contribution is 5.84. The predicted octanol–water partition coefficient (Wildman–Crippen LogP) is 0.398. The van der Waals surface area contributed by atoms with Crippen LogP contribution in [0, 0.1) is 0 Å². The Balaban J connectivity index is 1.92. The van der Waals surface area contributed by atoms with Crippen molar-refractivity contribution in [1.82, 2.24) is 30.2 Å². The average Bonchev–Trinajstić information content (AvgIpc) is 2.96. The number of carboxylic acids is 1. The lowest BCUT2D eigenvalue weighted by molar-refractivity contribution is 0.0690. The standard InChI is InChI=1S/C12H17N7O2/c1-3-8-9(4-2)15-17-12(14-8)13-5-6-19-7-10(11(20)21)16-18-19/h7H,3-6H2,1-2H3,(H,20,21)(H,13,14,17). The first-order valence-corrected chi connectivity index (χ1v) is 6.73. The van der Waals surface area contributed by atoms with Crippen molar-refractivity contribution in [2.75, 3.05) is 11.9 Å². The summed E-state index contributed by atoms with van der Waals surface area (Å²) in [7, 11) is 0. The second-order valence-electron chi connectivity index (χ2n) is 4.33. The molecule has 112 valence electrons. The largest absolute Gasteiger partial charge is 0.476 e. The SMILES string of the molecule is CCc1nnc(NCCn2cc(C(=O)O)nn2)nc1CC. The maximum absolute atomic E-state index is 10.7. The van der Waals surface area contributed by atoms with E-state index >= 15 is 0 Å². The van der Waals surface area contributed by atoms with Crippen molar-refractivity contribution in [3.63, 3.8) is 0 Å². The monoisotopic (exact) mass is 291 g/mol. The molecule has 0 amide bonds. The van der Waals surface area contributed by atoms with E-state index in [9.17, 15) is 4.79 Å². The van der Waals surface area contributed by atoms with Crippen LogP contribution in [0.5, 0.6) is 0 Å². The Morgan fingerprint density at radius 3 is 2.62 bits per heavy atom. The van der Waals surface area contributed by atoms with Gasteiger partial charge in [0.25, 0.3) is 0 Å². The van der Waals surface area contributed by atoms with E-state index in [0.717, 1.165) is 24.2 Å². The highest BCUT2D eigenvalue weighted by Gasteiger charge is 2.08. The number of carboxylic acid groups (broad SMARTS) is 1. The third-order valence-electron chi connectivity index (χ3n) is 2.89. The van der Waals surface area contributed by atoms with E-state index in [-0.39, 0.29) is 5.69 Å². The number of aromatic nitrogens is 6. The van der Waals surface area contributed by atoms with Crippen molar-refractivity contribution >= 4 is 11.9 Å². The number of aromatic carboxylic acids is 1. The van der Waals surface area contributed by atoms with Crippen LogP contribution in [0.4, 0.5) is 5.95 Å². The molecule has 9 heteroatoms. The summed E-state index contributed by atoms with van der Waals surface area (Å²) in [6.07, 6.45) is 2.99. The Hall–Kier alpha value is -2.58. The van der Waals surface area contributed by atoms with Crippen molar-refractivity contribution in [3.05, 3.63) is 23.3 Å². The second-order valence-corrected chi connectivity index (χ2v) is 4.33. The van der Waals surface area contributed by atoms with Crippen molar-refractivity contribution < 1.29 is 9.90 Å². The summed E-state index contributed by atoms with van der Waals surface area (Å²) in [5.74, 6) is -0.632. The number of hydrogen-bond acceptors (Lipinski definition) is 7. The fourth-order valence-corrected chi connectivity index (χ4v) is 1.80. The first kappa shape index (κ1) is 14.8. The van der Waals surface area contributed by atoms with Gasteiger partial charge in [0.1, 0.15) is 0 Å². The molecule has 2 heterocycles. The maximum Gasteiger partial charge on any atom is 0.358 e. The fourth-order valence-electron chi connectivity index (χ4n) is 1.80. The van der Waals surface area contributed by atoms with E-state index < -0.39 is 5.97 Å². The van der Waals surface area contributed by atoms with Crippen LogP contribution < -0.4 is 5.32 Å². The van der Waals surface area contributed by atoms with Crippen LogP contribution in [0.1, 0.15) is 35.7 Å². The molecule has 9 nitrogen and oxygen atoms in total. The molecular weight excluding hydrogens is 274 g/mol. The topological polar surface area (TPSA) is 119 Å². The van der Waals surface area contributed by atoms with Gasteiger partial charge in [-0.1, -0.05) is 19.1 Å². The minimum atomic E-state index is -1.09. The summed E-state index contributed by atoms with van der Waals surface area (Å²) in [6, 6.07) is 0. The van der Waals surface area contributed by atoms with Gasteiger partial charge in [-0.2, -0.15) is 5.10 Å². The van der Waals surface area contributed by atoms with Crippen molar-refractivity contribution in [2.24, 2.45) is 0 Å². The molecule has 0 fully saturated rings. The van der Waals surface area contributed by atoms with E-state index in [1.165, 1.54) is 10.9 Å². The molecule has 0 saturated carbocycles. The lowest BCUT2D eigenvalue weighted by atomic mass is 10.2. The zero-order valence-electron chi connectivity index (χ0n) is 11.9. The summed E-state index contributed by atoms with van der Waals surface area (Å²) in [5, 5.41) is 27.2. The second kappa shape index (κ2) is 6.73. The Labute approximate surface area is 121 Å². The highest BCUT2D eigenvalue weighted by atomic mass is 16.4. The van der Waals surface area contributed by atoms with Crippen LogP contribution in [-0.2, 0) is 19.4 Å². The van der Waals surface area contributed by atoms with Gasteiger partial charge in [0.05, 0.1) is 24.1 Å². The zero-order valence-corrected chi connectivity index (χ0v) is 11.9. The fraction of sp³-hybridized carbons (Fsp3) is 0.500. The van der Waals surface area contributed by atoms with Crippen LogP contribution in [0.3, 0.4) is 0 Å². The Kier molecular flexibility index (Phi) is 4.75. The Morgan fingerprint density at radius 1 is 1.24 bits per heavy atom. The summed E-state index contributed by atoms with van der Waals surface area (Å²) >= 11 is 0. The van der Waals surface area contributed by atoms with Gasteiger partial charge in [0.15, 0.2) is 5.69 Å². The number of carbonyl (C=O) groups is 1. The van der Waals surface area contributed by atoms with E-state index in [1.54, 1.807) is 0 Å². The third kappa shape index (κ3) is 3.71. The van der Waals surface area contributed by atoms with E-state index in [0.29, 0.717) is 19.0 Å². The lowest BCUT2D eigenvalue weighted by Crippen LogP contribution is -2.15. The van der Waals surface area contributed by atoms with Crippen molar-refractivity contribution in [3.8, 4) is 0 Å². The van der Waals surface area contributed by atoms with Gasteiger partial charge in [-0.05, 0) is 12.8 Å². The smallest absolute Gasteiger partial charge is 0.358 e. The van der Waals surface area contributed by atoms with E-state index in [4.69, 9.17) is 5.11 Å². The molecule has 0 unspecified atom stereocenters. The highest BCUT2D eigenvalue weighted by Crippen LogP contribution is 2.06. The lowest BCUT2D eigenvalue weighted by Gasteiger charge is -2.07. The molecule has 0 aliphatic rings. The third-order valence-corrected chi connectivity index (χ3v) is 2.89. The summed E-state index contributed by atoms with van der Waals surface area (Å²) < 4.78 is 1.45. The Bertz CT molecular complexity index is 626. The minimum absolute atomic E-state index is 0.0755. The van der Waals surface area contributed by atoms with Crippen molar-refractivity contribution in [1.29, 1.82) is 0 Å². The van der Waals surface area contributed by atoms with E-state index in [2.05, 4.69) is 30.8 Å². The molecule has 0 atom stereocenters. The van der Waals surface area contributed by atoms with Crippen LogP contribution in [0.2, 0.25) is 0 Å². The van der Waals surface area contributed by atoms with Gasteiger partial charge >= 0.3 is 5.97 Å². The number of nitrogens with one attached hydrogen (secondary N) is 1. The molecule has 0 aliphatic heterocycles. The first-order chi connectivity index (χ1) is 10.1. The van der Waals surface area contributed by atoms with Gasteiger partial charge in [-0.15, -0.1) is 10.2 Å². The van der Waals surface area contributed by atoms with Gasteiger partial charge in [-0.3, -0.25) is 0 Å². The van der Waals surface area contributed by atoms with Crippen molar-refractivity contribution in [2.45, 2.75) is 33.2 Å². The zero-order chi connectivity index (χ0) is 15.2. The first-order valence-electron chi connectivity index (χ1n) is 6.73. The van der Waals surface area contributed by atoms with Crippen LogP contribution in [-0.4, -0.2) is 47.8 Å².